The topological polar surface area (TPSA) is 134 Å². The molecule has 9 nitrogen and oxygen atoms in total. The highest BCUT2D eigenvalue weighted by Gasteiger charge is 2.25. The minimum Gasteiger partial charge on any atom is -0.462 e. The van der Waals surface area contributed by atoms with Crippen LogP contribution in [0.4, 0.5) is 0 Å². The Morgan fingerprint density at radius 3 is 1.68 bits per heavy atom. The van der Waals surface area contributed by atoms with Crippen LogP contribution in [0.3, 0.4) is 0 Å². The van der Waals surface area contributed by atoms with Crippen molar-refractivity contribution in [1.29, 1.82) is 0 Å². The number of carbonyl (C=O) groups is 2. The second-order valence-electron chi connectivity index (χ2n) is 9.59. The fourth-order valence-corrected chi connectivity index (χ4v) is 4.61. The average Bonchev–Trinajstić information content (AvgIpc) is 2.88. The van der Waals surface area contributed by atoms with Crippen LogP contribution in [-0.4, -0.2) is 49.3 Å². The summed E-state index contributed by atoms with van der Waals surface area (Å²) in [4.78, 5) is 33.3. The number of ether oxygens (including phenoxy) is 2. The lowest BCUT2D eigenvalue weighted by molar-refractivity contribution is -0.161. The standard InChI is InChI=1S/C27H54NO8P/c1-3-5-6-7-8-9-10-11-12-13-14-15-16-17-18-19-20-27(30)36-25(23-33-26(29)4-2)24-35-37(31,32)34-22-21-28/h25H,3-24,28H2,1-2H3,(H,31,32). The molecular weight excluding hydrogens is 497 g/mol. The third-order valence-corrected chi connectivity index (χ3v) is 7.03. The van der Waals surface area contributed by atoms with E-state index in [1.165, 1.54) is 83.5 Å². The van der Waals surface area contributed by atoms with Crippen molar-refractivity contribution in [3.63, 3.8) is 0 Å². The zero-order valence-electron chi connectivity index (χ0n) is 23.5. The van der Waals surface area contributed by atoms with Gasteiger partial charge in [0.05, 0.1) is 13.2 Å². The Kier molecular flexibility index (Phi) is 24.6. The molecule has 37 heavy (non-hydrogen) atoms. The molecule has 10 heteroatoms. The number of rotatable bonds is 27. The molecule has 0 aliphatic heterocycles. The summed E-state index contributed by atoms with van der Waals surface area (Å²) in [5.74, 6) is -0.924. The Hall–Kier alpha value is -0.990. The molecular formula is C27H54NO8P. The van der Waals surface area contributed by atoms with Crippen molar-refractivity contribution in [2.45, 2.75) is 136 Å². The predicted molar refractivity (Wildman–Crippen MR) is 146 cm³/mol. The quantitative estimate of drug-likeness (QED) is 0.0658. The molecule has 0 aromatic rings. The van der Waals surface area contributed by atoms with Gasteiger partial charge in [0, 0.05) is 19.4 Å². The second-order valence-corrected chi connectivity index (χ2v) is 11.0. The molecule has 0 fully saturated rings. The average molecular weight is 552 g/mol. The lowest BCUT2D eigenvalue weighted by Gasteiger charge is -2.19. The van der Waals surface area contributed by atoms with E-state index in [-0.39, 0.29) is 32.6 Å². The van der Waals surface area contributed by atoms with Gasteiger partial charge in [-0.15, -0.1) is 0 Å². The van der Waals surface area contributed by atoms with Gasteiger partial charge in [0.2, 0.25) is 0 Å². The summed E-state index contributed by atoms with van der Waals surface area (Å²) in [5.41, 5.74) is 5.25. The van der Waals surface area contributed by atoms with Gasteiger partial charge in [0.25, 0.3) is 0 Å². The molecule has 0 radical (unpaired) electrons. The van der Waals surface area contributed by atoms with Crippen LogP contribution in [0.1, 0.15) is 129 Å². The maximum atomic E-state index is 12.2. The van der Waals surface area contributed by atoms with Gasteiger partial charge in [-0.1, -0.05) is 110 Å². The van der Waals surface area contributed by atoms with Gasteiger partial charge in [-0.05, 0) is 6.42 Å². The fourth-order valence-electron chi connectivity index (χ4n) is 3.85. The number of carbonyl (C=O) groups excluding carboxylic acids is 2. The SMILES string of the molecule is CCCCCCCCCCCCCCCCCCC(=O)OC(COC(=O)CC)COP(=O)(O)OCCN. The first-order valence-corrected chi connectivity index (χ1v) is 16.0. The largest absolute Gasteiger partial charge is 0.472 e. The van der Waals surface area contributed by atoms with Gasteiger partial charge in [-0.3, -0.25) is 18.6 Å². The zero-order chi connectivity index (χ0) is 27.6. The van der Waals surface area contributed by atoms with Crippen LogP contribution in [0.15, 0.2) is 0 Å². The van der Waals surface area contributed by atoms with Crippen LogP contribution in [0, 0.1) is 0 Å². The molecule has 0 saturated carbocycles. The van der Waals surface area contributed by atoms with Crippen molar-refractivity contribution in [1.82, 2.24) is 0 Å². The first-order valence-electron chi connectivity index (χ1n) is 14.5. The number of phosphoric acid groups is 1. The van der Waals surface area contributed by atoms with E-state index >= 15 is 0 Å². The lowest BCUT2D eigenvalue weighted by Crippen LogP contribution is -2.29. The van der Waals surface area contributed by atoms with Gasteiger partial charge >= 0.3 is 19.8 Å². The molecule has 2 atom stereocenters. The number of esters is 2. The van der Waals surface area contributed by atoms with E-state index in [0.717, 1.165) is 12.8 Å². The van der Waals surface area contributed by atoms with E-state index in [1.54, 1.807) is 6.92 Å². The number of phosphoric ester groups is 1. The summed E-state index contributed by atoms with van der Waals surface area (Å²) in [6.45, 7) is 3.11. The molecule has 0 heterocycles. The molecule has 3 N–H and O–H groups in total. The summed E-state index contributed by atoms with van der Waals surface area (Å²) >= 11 is 0. The van der Waals surface area contributed by atoms with Crippen LogP contribution < -0.4 is 5.73 Å². The third kappa shape index (κ3) is 25.1. The third-order valence-electron chi connectivity index (χ3n) is 6.05. The highest BCUT2D eigenvalue weighted by atomic mass is 31.2. The molecule has 0 aromatic heterocycles. The molecule has 0 spiro atoms. The first-order chi connectivity index (χ1) is 17.8. The summed E-state index contributed by atoms with van der Waals surface area (Å²) in [5, 5.41) is 0. The van der Waals surface area contributed by atoms with Gasteiger partial charge in [-0.2, -0.15) is 0 Å². The van der Waals surface area contributed by atoms with Crippen LogP contribution in [0.2, 0.25) is 0 Å². The monoisotopic (exact) mass is 551 g/mol. The maximum Gasteiger partial charge on any atom is 0.472 e. The van der Waals surface area contributed by atoms with E-state index < -0.39 is 32.5 Å². The number of nitrogens with two attached hydrogens (primary N) is 1. The fraction of sp³-hybridized carbons (Fsp3) is 0.926. The minimum absolute atomic E-state index is 0.0553. The van der Waals surface area contributed by atoms with Crippen LogP contribution in [0.5, 0.6) is 0 Å². The lowest BCUT2D eigenvalue weighted by atomic mass is 10.0. The van der Waals surface area contributed by atoms with E-state index in [2.05, 4.69) is 11.4 Å². The van der Waals surface area contributed by atoms with Crippen molar-refractivity contribution >= 4 is 19.8 Å². The molecule has 0 rings (SSSR count). The summed E-state index contributed by atoms with van der Waals surface area (Å²) in [6.07, 6.45) is 19.4. The van der Waals surface area contributed by atoms with Crippen molar-refractivity contribution < 1.29 is 37.6 Å². The van der Waals surface area contributed by atoms with E-state index in [9.17, 15) is 19.0 Å². The van der Waals surface area contributed by atoms with Gasteiger partial charge in [0.15, 0.2) is 6.10 Å². The van der Waals surface area contributed by atoms with Gasteiger partial charge in [-0.25, -0.2) is 4.57 Å². The molecule has 0 amide bonds. The van der Waals surface area contributed by atoms with Gasteiger partial charge in [0.1, 0.15) is 6.61 Å². The highest BCUT2D eigenvalue weighted by molar-refractivity contribution is 7.47. The van der Waals surface area contributed by atoms with E-state index in [0.29, 0.717) is 6.42 Å². The normalized spacial score (nSPS) is 13.7. The Morgan fingerprint density at radius 2 is 1.22 bits per heavy atom. The van der Waals surface area contributed by atoms with Crippen molar-refractivity contribution in [3.8, 4) is 0 Å². The summed E-state index contributed by atoms with van der Waals surface area (Å²) < 4.78 is 31.6. The molecule has 0 aromatic carbocycles. The maximum absolute atomic E-state index is 12.2. The Morgan fingerprint density at radius 1 is 0.730 bits per heavy atom. The first kappa shape index (κ1) is 36.0. The Bertz CT molecular complexity index is 605. The zero-order valence-corrected chi connectivity index (χ0v) is 24.4. The predicted octanol–water partition coefficient (Wildman–Crippen LogP) is 6.60. The summed E-state index contributed by atoms with van der Waals surface area (Å²) in [6, 6.07) is 0. The highest BCUT2D eigenvalue weighted by Crippen LogP contribution is 2.43. The van der Waals surface area contributed by atoms with E-state index in [1.807, 2.05) is 0 Å². The van der Waals surface area contributed by atoms with Crippen molar-refractivity contribution in [2.75, 3.05) is 26.4 Å². The molecule has 2 unspecified atom stereocenters. The minimum atomic E-state index is -4.33. The number of hydrogen-bond acceptors (Lipinski definition) is 8. The Labute approximate surface area is 225 Å². The molecule has 220 valence electrons. The Balaban J connectivity index is 3.89. The molecule has 0 aliphatic rings. The van der Waals surface area contributed by atoms with E-state index in [4.69, 9.17) is 19.7 Å². The second kappa shape index (κ2) is 25.3. The van der Waals surface area contributed by atoms with Crippen LogP contribution in [-0.2, 0) is 32.7 Å². The number of unbranched alkanes of at least 4 members (excludes halogenated alkanes) is 15. The van der Waals surface area contributed by atoms with Crippen LogP contribution in [0.25, 0.3) is 0 Å². The molecule has 0 aliphatic carbocycles. The molecule has 0 saturated heterocycles. The van der Waals surface area contributed by atoms with Crippen molar-refractivity contribution in [2.24, 2.45) is 5.73 Å². The number of hydrogen-bond donors (Lipinski definition) is 2. The molecule has 0 bridgehead atoms. The van der Waals surface area contributed by atoms with Gasteiger partial charge < -0.3 is 20.1 Å². The van der Waals surface area contributed by atoms with Crippen molar-refractivity contribution in [3.05, 3.63) is 0 Å². The smallest absolute Gasteiger partial charge is 0.462 e. The summed E-state index contributed by atoms with van der Waals surface area (Å²) in [7, 11) is -4.33. The van der Waals surface area contributed by atoms with Crippen LogP contribution >= 0.6 is 7.82 Å².